The van der Waals surface area contributed by atoms with Gasteiger partial charge in [-0.1, -0.05) is 65.6 Å². The quantitative estimate of drug-likeness (QED) is 0.143. The third-order valence-corrected chi connectivity index (χ3v) is 8.55. The van der Waals surface area contributed by atoms with Crippen LogP contribution in [0, 0.1) is 0 Å². The summed E-state index contributed by atoms with van der Waals surface area (Å²) in [4.78, 5) is 38.8. The minimum absolute atomic E-state index is 0.204. The third-order valence-electron chi connectivity index (χ3n) is 5.69. The van der Waals surface area contributed by atoms with E-state index in [4.69, 9.17) is 13.9 Å². The molecule has 0 bridgehead atoms. The van der Waals surface area contributed by atoms with E-state index in [9.17, 15) is 14.4 Å². The predicted octanol–water partition coefficient (Wildman–Crippen LogP) is 5.94. The monoisotopic (exact) mass is 575 g/mol. The smallest absolute Gasteiger partial charge is 0.323 e. The molecule has 3 aromatic heterocycles. The number of hydrogen-bond donors (Lipinski definition) is 1. The zero-order valence-electron chi connectivity index (χ0n) is 19.9. The second kappa shape index (κ2) is 10.8. The number of benzene rings is 2. The SMILES string of the molecule is O=C(Nc1nnc(SCc2cc(=O)c(OC(=O)C3c4ccccc4Oc4ccccc43)co2)s1)c1cccs1. The van der Waals surface area contributed by atoms with E-state index in [-0.39, 0.29) is 17.4 Å². The van der Waals surface area contributed by atoms with E-state index in [1.165, 1.54) is 40.5 Å². The van der Waals surface area contributed by atoms with Crippen molar-refractivity contribution >= 4 is 51.4 Å². The van der Waals surface area contributed by atoms with Gasteiger partial charge in [0.2, 0.25) is 16.3 Å². The van der Waals surface area contributed by atoms with Crippen molar-refractivity contribution < 1.29 is 23.5 Å². The number of ether oxygens (including phenoxy) is 2. The van der Waals surface area contributed by atoms with Gasteiger partial charge in [0.05, 0.1) is 10.6 Å². The first-order valence-corrected chi connectivity index (χ1v) is 14.2. The molecule has 0 unspecified atom stereocenters. The van der Waals surface area contributed by atoms with Crippen molar-refractivity contribution in [3.8, 4) is 17.2 Å². The number of amides is 1. The highest BCUT2D eigenvalue weighted by Gasteiger charge is 2.34. The Kier molecular flexibility index (Phi) is 6.97. The van der Waals surface area contributed by atoms with Gasteiger partial charge < -0.3 is 13.9 Å². The van der Waals surface area contributed by atoms with Gasteiger partial charge in [-0.15, -0.1) is 21.5 Å². The largest absolute Gasteiger partial charge is 0.464 e. The standard InChI is InChI=1S/C27H17N3O6S3/c31-18-12-15(14-38-27-30-29-26(39-27)28-24(32)22-10-5-11-37-22)34-13-21(18)36-25(33)23-16-6-1-3-8-19(16)35-20-9-4-2-7-17(20)23/h1-13,23H,14H2,(H,28,29,32). The van der Waals surface area contributed by atoms with Crippen molar-refractivity contribution in [3.63, 3.8) is 0 Å². The van der Waals surface area contributed by atoms with E-state index in [0.717, 1.165) is 6.26 Å². The van der Waals surface area contributed by atoms with Crippen molar-refractivity contribution in [2.45, 2.75) is 16.0 Å². The maximum Gasteiger partial charge on any atom is 0.323 e. The van der Waals surface area contributed by atoms with Gasteiger partial charge in [0.1, 0.15) is 29.4 Å². The number of rotatable bonds is 7. The molecule has 0 atom stereocenters. The Morgan fingerprint density at radius 3 is 2.44 bits per heavy atom. The van der Waals surface area contributed by atoms with E-state index >= 15 is 0 Å². The number of carbonyl (C=O) groups is 2. The summed E-state index contributed by atoms with van der Waals surface area (Å²) in [5.41, 5.74) is 0.822. The second-order valence-corrected chi connectivity index (χ2v) is 11.3. The van der Waals surface area contributed by atoms with Crippen LogP contribution in [-0.4, -0.2) is 22.1 Å². The summed E-state index contributed by atoms with van der Waals surface area (Å²) in [6.45, 7) is 0. The van der Waals surface area contributed by atoms with E-state index in [0.29, 0.717) is 42.7 Å². The van der Waals surface area contributed by atoms with Crippen LogP contribution < -0.4 is 20.2 Å². The van der Waals surface area contributed by atoms with Crippen molar-refractivity contribution in [3.05, 3.63) is 110 Å². The number of nitrogens with zero attached hydrogens (tertiary/aromatic N) is 2. The number of nitrogens with one attached hydrogen (secondary N) is 1. The average Bonchev–Trinajstić information content (AvgIpc) is 3.64. The minimum atomic E-state index is -0.757. The summed E-state index contributed by atoms with van der Waals surface area (Å²) >= 11 is 3.84. The Balaban J connectivity index is 1.12. The van der Waals surface area contributed by atoms with Crippen LogP contribution in [-0.2, 0) is 10.5 Å². The van der Waals surface area contributed by atoms with Gasteiger partial charge in [-0.3, -0.25) is 19.7 Å². The number of hydrogen-bond acceptors (Lipinski definition) is 11. The molecule has 9 nitrogen and oxygen atoms in total. The molecule has 6 rings (SSSR count). The molecule has 1 N–H and O–H groups in total. The Labute approximate surface area is 233 Å². The molecule has 194 valence electrons. The fraction of sp³-hybridized carbons (Fsp3) is 0.0741. The molecule has 1 aliphatic rings. The molecule has 39 heavy (non-hydrogen) atoms. The summed E-state index contributed by atoms with van der Waals surface area (Å²) in [6.07, 6.45) is 1.14. The molecule has 0 spiro atoms. The molecule has 0 radical (unpaired) electrons. The molecule has 0 fully saturated rings. The Hall–Kier alpha value is -4.26. The lowest BCUT2D eigenvalue weighted by molar-refractivity contribution is -0.135. The zero-order chi connectivity index (χ0) is 26.8. The molecule has 0 saturated heterocycles. The maximum absolute atomic E-state index is 13.3. The number of esters is 1. The van der Waals surface area contributed by atoms with E-state index in [1.54, 1.807) is 36.4 Å². The Bertz CT molecular complexity index is 1690. The Morgan fingerprint density at radius 1 is 1.00 bits per heavy atom. The maximum atomic E-state index is 13.3. The molecule has 2 aromatic carbocycles. The number of para-hydroxylation sites is 2. The molecule has 1 amide bonds. The average molecular weight is 576 g/mol. The highest BCUT2D eigenvalue weighted by atomic mass is 32.2. The van der Waals surface area contributed by atoms with Crippen molar-refractivity contribution in [1.29, 1.82) is 0 Å². The van der Waals surface area contributed by atoms with Crippen LogP contribution in [0.2, 0.25) is 0 Å². The number of fused-ring (bicyclic) bond motifs is 2. The predicted molar refractivity (Wildman–Crippen MR) is 147 cm³/mol. The van der Waals surface area contributed by atoms with Gasteiger partial charge in [-0.25, -0.2) is 0 Å². The van der Waals surface area contributed by atoms with Crippen LogP contribution in [0.1, 0.15) is 32.5 Å². The summed E-state index contributed by atoms with van der Waals surface area (Å²) in [5.74, 6) is -0.0482. The summed E-state index contributed by atoms with van der Waals surface area (Å²) in [7, 11) is 0. The van der Waals surface area contributed by atoms with Crippen LogP contribution in [0.3, 0.4) is 0 Å². The zero-order valence-corrected chi connectivity index (χ0v) is 22.3. The highest BCUT2D eigenvalue weighted by molar-refractivity contribution is 8.00. The minimum Gasteiger partial charge on any atom is -0.464 e. The van der Waals surface area contributed by atoms with Crippen LogP contribution in [0.5, 0.6) is 17.2 Å². The Morgan fingerprint density at radius 2 is 1.74 bits per heavy atom. The van der Waals surface area contributed by atoms with Crippen molar-refractivity contribution in [2.75, 3.05) is 5.32 Å². The van der Waals surface area contributed by atoms with E-state index < -0.39 is 17.3 Å². The van der Waals surface area contributed by atoms with Gasteiger partial charge in [-0.2, -0.15) is 0 Å². The molecular weight excluding hydrogens is 559 g/mol. The number of carbonyl (C=O) groups excluding carboxylic acids is 2. The van der Waals surface area contributed by atoms with Gasteiger partial charge in [0, 0.05) is 17.2 Å². The van der Waals surface area contributed by atoms with E-state index in [2.05, 4.69) is 15.5 Å². The highest BCUT2D eigenvalue weighted by Crippen LogP contribution is 2.44. The second-order valence-electron chi connectivity index (χ2n) is 8.20. The normalized spacial score (nSPS) is 12.2. The molecule has 12 heteroatoms. The lowest BCUT2D eigenvalue weighted by Crippen LogP contribution is -2.25. The fourth-order valence-corrected chi connectivity index (χ4v) is 6.19. The van der Waals surface area contributed by atoms with Gasteiger partial charge in [-0.05, 0) is 23.6 Å². The number of anilines is 1. The molecular formula is C27H17N3O6S3. The summed E-state index contributed by atoms with van der Waals surface area (Å²) in [5, 5.41) is 12.9. The van der Waals surface area contributed by atoms with Crippen molar-refractivity contribution in [2.24, 2.45) is 0 Å². The molecule has 1 aliphatic heterocycles. The third kappa shape index (κ3) is 5.35. The van der Waals surface area contributed by atoms with Crippen LogP contribution in [0.25, 0.3) is 0 Å². The first-order valence-electron chi connectivity index (χ1n) is 11.6. The number of thioether (sulfide) groups is 1. The summed E-state index contributed by atoms with van der Waals surface area (Å²) in [6, 6.07) is 19.2. The molecule has 4 heterocycles. The van der Waals surface area contributed by atoms with Crippen LogP contribution in [0.15, 0.2) is 91.9 Å². The van der Waals surface area contributed by atoms with Gasteiger partial charge in [0.15, 0.2) is 4.34 Å². The van der Waals surface area contributed by atoms with Crippen LogP contribution >= 0.6 is 34.4 Å². The topological polar surface area (TPSA) is 121 Å². The van der Waals surface area contributed by atoms with Crippen molar-refractivity contribution in [1.82, 2.24) is 10.2 Å². The fourth-order valence-electron chi connectivity index (χ4n) is 3.94. The van der Waals surface area contributed by atoms with Gasteiger partial charge >= 0.3 is 5.97 Å². The summed E-state index contributed by atoms with van der Waals surface area (Å²) < 4.78 is 17.6. The number of aromatic nitrogens is 2. The molecule has 0 aliphatic carbocycles. The first-order chi connectivity index (χ1) is 19.0. The lowest BCUT2D eigenvalue weighted by atomic mass is 9.88. The molecule has 5 aromatic rings. The van der Waals surface area contributed by atoms with Gasteiger partial charge in [0.25, 0.3) is 5.91 Å². The van der Waals surface area contributed by atoms with E-state index in [1.807, 2.05) is 29.6 Å². The molecule has 0 saturated carbocycles. The van der Waals surface area contributed by atoms with Crippen LogP contribution in [0.4, 0.5) is 5.13 Å². The lowest BCUT2D eigenvalue weighted by Gasteiger charge is -2.26. The number of thiophene rings is 1. The first kappa shape index (κ1) is 25.0.